The average molecular weight is 388 g/mol. The first-order valence-electron chi connectivity index (χ1n) is 9.68. The maximum Gasteiger partial charge on any atom is 0.215 e. The predicted molar refractivity (Wildman–Crippen MR) is 103 cm³/mol. The normalized spacial score (nSPS) is 29.9. The van der Waals surface area contributed by atoms with Gasteiger partial charge in [-0.05, 0) is 30.4 Å². The van der Waals surface area contributed by atoms with E-state index in [0.29, 0.717) is 26.3 Å². The Kier molecular flexibility index (Phi) is 3.71. The van der Waals surface area contributed by atoms with E-state index in [4.69, 9.17) is 14.7 Å². The number of para-hydroxylation sites is 2. The van der Waals surface area contributed by atoms with Gasteiger partial charge in [-0.15, -0.1) is 0 Å². The van der Waals surface area contributed by atoms with Gasteiger partial charge in [0.25, 0.3) is 0 Å². The summed E-state index contributed by atoms with van der Waals surface area (Å²) in [5.41, 5.74) is 3.03. The molecule has 27 heavy (non-hydrogen) atoms. The molecule has 2 aromatic rings. The van der Waals surface area contributed by atoms with E-state index in [1.54, 1.807) is 4.31 Å². The van der Waals surface area contributed by atoms with E-state index in [1.165, 1.54) is 0 Å². The van der Waals surface area contributed by atoms with Gasteiger partial charge in [0.05, 0.1) is 41.4 Å². The fourth-order valence-corrected chi connectivity index (χ4v) is 7.64. The first-order valence-corrected chi connectivity index (χ1v) is 11.3. The van der Waals surface area contributed by atoms with E-state index in [1.807, 2.05) is 24.3 Å². The van der Waals surface area contributed by atoms with Crippen molar-refractivity contribution in [2.45, 2.75) is 38.0 Å². The number of sulfonamides is 1. The third-order valence-electron chi connectivity index (χ3n) is 7.14. The van der Waals surface area contributed by atoms with Crippen LogP contribution in [-0.4, -0.2) is 54.7 Å². The van der Waals surface area contributed by atoms with Gasteiger partial charge in [0.15, 0.2) is 0 Å². The molecule has 1 aromatic carbocycles. The van der Waals surface area contributed by atoms with Gasteiger partial charge < -0.3 is 4.74 Å². The molecule has 5 rings (SSSR count). The second-order valence-corrected chi connectivity index (χ2v) is 10.6. The van der Waals surface area contributed by atoms with Crippen LogP contribution in [0.3, 0.4) is 0 Å². The Morgan fingerprint density at radius 3 is 2.52 bits per heavy atom. The number of nitrogens with zero attached hydrogens (tertiary/aromatic N) is 3. The van der Waals surface area contributed by atoms with Crippen LogP contribution in [0.25, 0.3) is 11.0 Å². The molecular weight excluding hydrogens is 362 g/mol. The Morgan fingerprint density at radius 1 is 1.15 bits per heavy atom. The number of rotatable bonds is 3. The van der Waals surface area contributed by atoms with Gasteiger partial charge in [-0.1, -0.05) is 26.0 Å². The highest BCUT2D eigenvalue weighted by molar-refractivity contribution is 7.89. The summed E-state index contributed by atoms with van der Waals surface area (Å²) in [6, 6.07) is 7.88. The zero-order valence-electron chi connectivity index (χ0n) is 15.8. The van der Waals surface area contributed by atoms with Crippen LogP contribution >= 0.6 is 0 Å². The summed E-state index contributed by atoms with van der Waals surface area (Å²) in [5.74, 6) is 0.383. The van der Waals surface area contributed by atoms with Crippen molar-refractivity contribution in [1.82, 2.24) is 14.3 Å². The van der Waals surface area contributed by atoms with Crippen molar-refractivity contribution in [2.24, 2.45) is 5.41 Å². The maximum absolute atomic E-state index is 13.3. The summed E-state index contributed by atoms with van der Waals surface area (Å²) in [4.78, 5) is 9.90. The van der Waals surface area contributed by atoms with Gasteiger partial charge in [-0.2, -0.15) is 4.31 Å². The predicted octanol–water partition coefficient (Wildman–Crippen LogP) is 2.45. The first kappa shape index (κ1) is 17.5. The van der Waals surface area contributed by atoms with Crippen LogP contribution in [-0.2, 0) is 20.2 Å². The smallest absolute Gasteiger partial charge is 0.215 e. The van der Waals surface area contributed by atoms with Crippen LogP contribution in [0.5, 0.6) is 0 Å². The van der Waals surface area contributed by atoms with E-state index < -0.39 is 15.4 Å². The molecule has 2 bridgehead atoms. The third kappa shape index (κ3) is 2.34. The summed E-state index contributed by atoms with van der Waals surface area (Å²) >= 11 is 0. The van der Waals surface area contributed by atoms with E-state index in [9.17, 15) is 8.42 Å². The molecular formula is C20H25N3O3S. The number of fused-ring (bicyclic) bond motifs is 6. The summed E-state index contributed by atoms with van der Waals surface area (Å²) < 4.78 is 33.6. The molecule has 0 unspecified atom stereocenters. The molecule has 0 radical (unpaired) electrons. The van der Waals surface area contributed by atoms with Crippen molar-refractivity contribution in [3.63, 3.8) is 0 Å². The molecule has 3 aliphatic rings. The van der Waals surface area contributed by atoms with E-state index in [2.05, 4.69) is 13.8 Å². The molecule has 0 spiro atoms. The van der Waals surface area contributed by atoms with Gasteiger partial charge in [0.2, 0.25) is 10.0 Å². The van der Waals surface area contributed by atoms with Crippen molar-refractivity contribution in [3.8, 4) is 0 Å². The fraction of sp³-hybridized carbons (Fsp3) is 0.600. The zero-order valence-corrected chi connectivity index (χ0v) is 16.6. The highest BCUT2D eigenvalue weighted by atomic mass is 32.2. The van der Waals surface area contributed by atoms with Gasteiger partial charge >= 0.3 is 0 Å². The number of ether oxygens (including phenoxy) is 1. The first-order chi connectivity index (χ1) is 12.9. The minimum atomic E-state index is -3.39. The molecule has 1 aromatic heterocycles. The Morgan fingerprint density at radius 2 is 1.81 bits per heavy atom. The second kappa shape index (κ2) is 5.72. The largest absolute Gasteiger partial charge is 0.379 e. The summed E-state index contributed by atoms with van der Waals surface area (Å²) in [7, 11) is -3.39. The molecule has 144 valence electrons. The van der Waals surface area contributed by atoms with Crippen molar-refractivity contribution < 1.29 is 13.2 Å². The van der Waals surface area contributed by atoms with Crippen molar-refractivity contribution in [2.75, 3.05) is 32.1 Å². The van der Waals surface area contributed by atoms with Gasteiger partial charge in [-0.25, -0.2) is 18.4 Å². The molecule has 6 nitrogen and oxygen atoms in total. The van der Waals surface area contributed by atoms with Gasteiger partial charge in [0.1, 0.15) is 0 Å². The summed E-state index contributed by atoms with van der Waals surface area (Å²) in [5, 5.41) is 0. The topological polar surface area (TPSA) is 72.4 Å². The lowest BCUT2D eigenvalue weighted by Crippen LogP contribution is -2.49. The highest BCUT2D eigenvalue weighted by Gasteiger charge is 2.65. The van der Waals surface area contributed by atoms with Crippen molar-refractivity contribution >= 4 is 21.1 Å². The molecule has 0 N–H and O–H groups in total. The van der Waals surface area contributed by atoms with Crippen LogP contribution in [0.2, 0.25) is 0 Å². The van der Waals surface area contributed by atoms with Crippen molar-refractivity contribution in [1.29, 1.82) is 0 Å². The number of morpholine rings is 1. The molecule has 2 fully saturated rings. The Bertz CT molecular complexity index is 1010. The number of benzene rings is 1. The quantitative estimate of drug-likeness (QED) is 0.809. The summed E-state index contributed by atoms with van der Waals surface area (Å²) in [6.45, 7) is 6.23. The Labute approximate surface area is 160 Å². The van der Waals surface area contributed by atoms with Crippen LogP contribution < -0.4 is 0 Å². The second-order valence-electron chi connectivity index (χ2n) is 8.61. The van der Waals surface area contributed by atoms with E-state index in [0.717, 1.165) is 35.3 Å². The van der Waals surface area contributed by atoms with Crippen LogP contribution in [0, 0.1) is 5.41 Å². The third-order valence-corrected chi connectivity index (χ3v) is 9.15. The molecule has 2 atom stereocenters. The SMILES string of the molecule is CC1(C)[C@@H]2CC[C@]1(CS(=O)(=O)N1CCOCC1)c1nc3ccccc3nc12. The minimum absolute atomic E-state index is 0.115. The number of hydrogen-bond donors (Lipinski definition) is 0. The lowest BCUT2D eigenvalue weighted by molar-refractivity contribution is 0.0724. The van der Waals surface area contributed by atoms with E-state index in [-0.39, 0.29) is 17.1 Å². The molecule has 1 aliphatic heterocycles. The highest BCUT2D eigenvalue weighted by Crippen LogP contribution is 2.67. The lowest BCUT2D eigenvalue weighted by atomic mass is 9.70. The number of aromatic nitrogens is 2. The standard InChI is InChI=1S/C20H25N3O3S/c1-19(2)14-7-8-20(19,13-27(24,25)23-9-11-26-12-10-23)18-17(14)21-15-5-3-4-6-16(15)22-18/h3-6,14H,7-13H2,1-2H3/t14-,20+/m1/s1. The number of hydrogen-bond acceptors (Lipinski definition) is 5. The van der Waals surface area contributed by atoms with Gasteiger partial charge in [0, 0.05) is 24.4 Å². The van der Waals surface area contributed by atoms with Crippen LogP contribution in [0.15, 0.2) is 24.3 Å². The maximum atomic E-state index is 13.3. The van der Waals surface area contributed by atoms with Crippen molar-refractivity contribution in [3.05, 3.63) is 35.7 Å². The zero-order chi connectivity index (χ0) is 18.9. The molecule has 0 amide bonds. The van der Waals surface area contributed by atoms with Gasteiger partial charge in [-0.3, -0.25) is 0 Å². The molecule has 1 saturated heterocycles. The molecule has 1 saturated carbocycles. The van der Waals surface area contributed by atoms with Crippen LogP contribution in [0.1, 0.15) is 44.0 Å². The lowest BCUT2D eigenvalue weighted by Gasteiger charge is -2.39. The molecule has 7 heteroatoms. The molecule has 2 aliphatic carbocycles. The Hall–Kier alpha value is -1.57. The molecule has 2 heterocycles. The Balaban J connectivity index is 1.64. The fourth-order valence-electron chi connectivity index (χ4n) is 5.47. The summed E-state index contributed by atoms with van der Waals surface area (Å²) in [6.07, 6.45) is 1.83. The monoisotopic (exact) mass is 387 g/mol. The minimum Gasteiger partial charge on any atom is -0.379 e. The van der Waals surface area contributed by atoms with E-state index >= 15 is 0 Å². The van der Waals surface area contributed by atoms with Crippen LogP contribution in [0.4, 0.5) is 0 Å². The average Bonchev–Trinajstić information content (AvgIpc) is 3.00.